The molecule has 1 rings (SSSR count). The molecule has 6 nitrogen and oxygen atoms in total. The number of methoxy groups -OCH3 is 1. The third-order valence-electron chi connectivity index (χ3n) is 3.37. The normalized spacial score (nSPS) is 13.1. The highest BCUT2D eigenvalue weighted by Crippen LogP contribution is 2.25. The standard InChI is InChI=1S/C15H22N2O4/c1-5-10(3)13(14(18)19)17-15(20)16-11-8-9(2)6-7-12(11)21-4/h6-8,10,13H,5H2,1-4H3,(H,18,19)(H2,16,17,20)/t10-,13-/m0/s1. The average Bonchev–Trinajstić information content (AvgIpc) is 2.44. The topological polar surface area (TPSA) is 87.7 Å². The number of nitrogens with one attached hydrogen (secondary N) is 2. The van der Waals surface area contributed by atoms with Gasteiger partial charge in [-0.1, -0.05) is 26.3 Å². The highest BCUT2D eigenvalue weighted by molar-refractivity contribution is 5.93. The highest BCUT2D eigenvalue weighted by Gasteiger charge is 2.25. The van der Waals surface area contributed by atoms with Crippen molar-refractivity contribution < 1.29 is 19.4 Å². The number of aryl methyl sites for hydroxylation is 1. The summed E-state index contributed by atoms with van der Waals surface area (Å²) < 4.78 is 5.16. The van der Waals surface area contributed by atoms with Crippen LogP contribution in [0.3, 0.4) is 0 Å². The van der Waals surface area contributed by atoms with Crippen molar-refractivity contribution in [1.29, 1.82) is 0 Å². The molecule has 1 aromatic rings. The molecule has 0 fully saturated rings. The minimum Gasteiger partial charge on any atom is -0.495 e. The molecule has 0 saturated carbocycles. The second kappa shape index (κ2) is 7.52. The number of carboxylic acid groups (broad SMARTS) is 1. The van der Waals surface area contributed by atoms with Crippen molar-refractivity contribution in [2.45, 2.75) is 33.2 Å². The van der Waals surface area contributed by atoms with E-state index in [9.17, 15) is 9.59 Å². The number of aliphatic carboxylic acids is 1. The van der Waals surface area contributed by atoms with Crippen molar-refractivity contribution in [1.82, 2.24) is 5.32 Å². The minimum absolute atomic E-state index is 0.160. The van der Waals surface area contributed by atoms with Crippen molar-refractivity contribution in [2.24, 2.45) is 5.92 Å². The summed E-state index contributed by atoms with van der Waals surface area (Å²) in [5.74, 6) is -0.686. The van der Waals surface area contributed by atoms with Gasteiger partial charge in [0.05, 0.1) is 12.8 Å². The van der Waals surface area contributed by atoms with Crippen LogP contribution in [0.1, 0.15) is 25.8 Å². The molecule has 0 aliphatic heterocycles. The summed E-state index contributed by atoms with van der Waals surface area (Å²) in [5, 5.41) is 14.3. The molecular weight excluding hydrogens is 272 g/mol. The van der Waals surface area contributed by atoms with E-state index in [4.69, 9.17) is 9.84 Å². The van der Waals surface area contributed by atoms with E-state index >= 15 is 0 Å². The van der Waals surface area contributed by atoms with E-state index in [1.807, 2.05) is 19.9 Å². The van der Waals surface area contributed by atoms with Crippen LogP contribution in [0.4, 0.5) is 10.5 Å². The molecule has 0 spiro atoms. The lowest BCUT2D eigenvalue weighted by Gasteiger charge is -2.20. The zero-order valence-corrected chi connectivity index (χ0v) is 12.8. The Balaban J connectivity index is 2.81. The monoisotopic (exact) mass is 294 g/mol. The van der Waals surface area contributed by atoms with Crippen LogP contribution in [0.25, 0.3) is 0 Å². The Kier molecular flexibility index (Phi) is 6.02. The van der Waals surface area contributed by atoms with Crippen molar-refractivity contribution >= 4 is 17.7 Å². The van der Waals surface area contributed by atoms with Crippen LogP contribution in [0.5, 0.6) is 5.75 Å². The van der Waals surface area contributed by atoms with E-state index in [0.29, 0.717) is 17.9 Å². The SMILES string of the molecule is CC[C@H](C)[C@H](NC(=O)Nc1cc(C)ccc1OC)C(=O)O. The first-order valence-electron chi connectivity index (χ1n) is 6.84. The fraction of sp³-hybridized carbons (Fsp3) is 0.467. The Bertz CT molecular complexity index is 516. The number of hydrogen-bond donors (Lipinski definition) is 3. The van der Waals surface area contributed by atoms with Crippen LogP contribution in [-0.4, -0.2) is 30.3 Å². The second-order valence-electron chi connectivity index (χ2n) is 5.00. The molecule has 0 aliphatic carbocycles. The lowest BCUT2D eigenvalue weighted by molar-refractivity contribution is -0.140. The Morgan fingerprint density at radius 3 is 2.57 bits per heavy atom. The summed E-state index contributed by atoms with van der Waals surface area (Å²) in [6, 6.07) is 3.88. The molecule has 0 radical (unpaired) electrons. The third-order valence-corrected chi connectivity index (χ3v) is 3.37. The van der Waals surface area contributed by atoms with Gasteiger partial charge in [-0.25, -0.2) is 9.59 Å². The number of ether oxygens (including phenoxy) is 1. The van der Waals surface area contributed by atoms with Gasteiger partial charge in [-0.05, 0) is 30.5 Å². The number of carbonyl (C=O) groups is 2. The van der Waals surface area contributed by atoms with Crippen LogP contribution in [0, 0.1) is 12.8 Å². The quantitative estimate of drug-likeness (QED) is 0.752. The Labute approximate surface area is 124 Å². The van der Waals surface area contributed by atoms with Crippen molar-refractivity contribution in [2.75, 3.05) is 12.4 Å². The molecule has 21 heavy (non-hydrogen) atoms. The van der Waals surface area contributed by atoms with Gasteiger partial charge in [0, 0.05) is 0 Å². The first-order valence-corrected chi connectivity index (χ1v) is 6.84. The van der Waals surface area contributed by atoms with Gasteiger partial charge in [-0.2, -0.15) is 0 Å². The van der Waals surface area contributed by atoms with Gasteiger partial charge < -0.3 is 20.5 Å². The lowest BCUT2D eigenvalue weighted by atomic mass is 9.99. The maximum atomic E-state index is 12.0. The third kappa shape index (κ3) is 4.66. The van der Waals surface area contributed by atoms with Crippen LogP contribution in [0.2, 0.25) is 0 Å². The lowest BCUT2D eigenvalue weighted by Crippen LogP contribution is -2.46. The summed E-state index contributed by atoms with van der Waals surface area (Å²) in [4.78, 5) is 23.2. The highest BCUT2D eigenvalue weighted by atomic mass is 16.5. The molecule has 0 aliphatic rings. The van der Waals surface area contributed by atoms with Gasteiger partial charge in [-0.15, -0.1) is 0 Å². The van der Waals surface area contributed by atoms with E-state index in [0.717, 1.165) is 5.56 Å². The largest absolute Gasteiger partial charge is 0.495 e. The van der Waals surface area contributed by atoms with Gasteiger partial charge in [-0.3, -0.25) is 0 Å². The van der Waals surface area contributed by atoms with Crippen molar-refractivity contribution in [3.63, 3.8) is 0 Å². The fourth-order valence-electron chi connectivity index (χ4n) is 1.90. The molecule has 0 heterocycles. The van der Waals surface area contributed by atoms with Crippen molar-refractivity contribution in [3.05, 3.63) is 23.8 Å². The Hall–Kier alpha value is -2.24. The molecule has 6 heteroatoms. The summed E-state index contributed by atoms with van der Waals surface area (Å²) in [6.45, 7) is 5.55. The second-order valence-corrected chi connectivity index (χ2v) is 5.00. The van der Waals surface area contributed by atoms with E-state index < -0.39 is 18.0 Å². The first-order chi connectivity index (χ1) is 9.88. The molecule has 0 saturated heterocycles. The Morgan fingerprint density at radius 1 is 1.38 bits per heavy atom. The number of rotatable bonds is 6. The number of carbonyl (C=O) groups excluding carboxylic acids is 1. The summed E-state index contributed by atoms with van der Waals surface area (Å²) in [5.41, 5.74) is 1.46. The maximum Gasteiger partial charge on any atom is 0.326 e. The number of carboxylic acids is 1. The maximum absolute atomic E-state index is 12.0. The molecular formula is C15H22N2O4. The molecule has 2 atom stereocenters. The smallest absolute Gasteiger partial charge is 0.326 e. The molecule has 0 bridgehead atoms. The number of benzene rings is 1. The summed E-state index contributed by atoms with van der Waals surface area (Å²) in [7, 11) is 1.51. The predicted octanol–water partition coefficient (Wildman–Crippen LogP) is 2.62. The average molecular weight is 294 g/mol. The zero-order valence-electron chi connectivity index (χ0n) is 12.8. The van der Waals surface area contributed by atoms with E-state index in [1.165, 1.54) is 7.11 Å². The summed E-state index contributed by atoms with van der Waals surface area (Å²) in [6.07, 6.45) is 0.658. The van der Waals surface area contributed by atoms with Gasteiger partial charge in [0.25, 0.3) is 0 Å². The van der Waals surface area contributed by atoms with E-state index in [1.54, 1.807) is 19.1 Å². The first kappa shape index (κ1) is 16.8. The molecule has 0 aromatic heterocycles. The number of hydrogen-bond acceptors (Lipinski definition) is 3. The van der Waals surface area contributed by atoms with Crippen LogP contribution >= 0.6 is 0 Å². The fourth-order valence-corrected chi connectivity index (χ4v) is 1.90. The molecule has 2 amide bonds. The Morgan fingerprint density at radius 2 is 2.05 bits per heavy atom. The van der Waals surface area contributed by atoms with Gasteiger partial charge in [0.1, 0.15) is 11.8 Å². The van der Waals surface area contributed by atoms with Crippen molar-refractivity contribution in [3.8, 4) is 5.75 Å². The molecule has 0 unspecified atom stereocenters. The summed E-state index contributed by atoms with van der Waals surface area (Å²) >= 11 is 0. The minimum atomic E-state index is -1.05. The number of amides is 2. The number of urea groups is 1. The molecule has 1 aromatic carbocycles. The van der Waals surface area contributed by atoms with Gasteiger partial charge >= 0.3 is 12.0 Å². The molecule has 116 valence electrons. The van der Waals surface area contributed by atoms with Crippen LogP contribution < -0.4 is 15.4 Å². The predicted molar refractivity (Wildman–Crippen MR) is 80.8 cm³/mol. The van der Waals surface area contributed by atoms with Gasteiger partial charge in [0.15, 0.2) is 0 Å². The van der Waals surface area contributed by atoms with Gasteiger partial charge in [0.2, 0.25) is 0 Å². The van der Waals surface area contributed by atoms with E-state index in [2.05, 4.69) is 10.6 Å². The van der Waals surface area contributed by atoms with Crippen LogP contribution in [0.15, 0.2) is 18.2 Å². The number of anilines is 1. The zero-order chi connectivity index (χ0) is 16.0. The van der Waals surface area contributed by atoms with Crippen LogP contribution in [-0.2, 0) is 4.79 Å². The van der Waals surface area contributed by atoms with E-state index in [-0.39, 0.29) is 5.92 Å². The molecule has 3 N–H and O–H groups in total.